The molecule has 2 aliphatic heterocycles. The summed E-state index contributed by atoms with van der Waals surface area (Å²) in [5.74, 6) is 1.27. The molecule has 28 heavy (non-hydrogen) atoms. The predicted octanol–water partition coefficient (Wildman–Crippen LogP) is 2.86. The van der Waals surface area contributed by atoms with Gasteiger partial charge in [-0.25, -0.2) is 4.98 Å². The topological polar surface area (TPSA) is 75.2 Å². The Balaban J connectivity index is 1.30. The highest BCUT2D eigenvalue weighted by atomic mass is 16.2. The minimum atomic E-state index is 0.00455. The Morgan fingerprint density at radius 3 is 2.86 bits per heavy atom. The normalized spacial score (nSPS) is 17.4. The molecule has 2 aliphatic rings. The van der Waals surface area contributed by atoms with Crippen LogP contribution in [-0.4, -0.2) is 39.8 Å². The lowest BCUT2D eigenvalue weighted by atomic mass is 9.92. The van der Waals surface area contributed by atoms with E-state index in [1.807, 2.05) is 35.4 Å². The van der Waals surface area contributed by atoms with Crippen molar-refractivity contribution < 1.29 is 9.59 Å². The van der Waals surface area contributed by atoms with Crippen LogP contribution in [-0.2, 0) is 22.4 Å². The molecule has 4 rings (SSSR count). The Labute approximate surface area is 164 Å². The number of piperidine rings is 1. The second-order valence-corrected chi connectivity index (χ2v) is 7.45. The molecule has 4 heterocycles. The van der Waals surface area contributed by atoms with Gasteiger partial charge in [-0.05, 0) is 67.0 Å². The molecule has 2 amide bonds. The van der Waals surface area contributed by atoms with Crippen molar-refractivity contribution in [3.05, 3.63) is 59.6 Å². The lowest BCUT2D eigenvalue weighted by Crippen LogP contribution is -2.38. The minimum Gasteiger partial charge on any atom is -0.339 e. The molecule has 0 bridgehead atoms. The highest BCUT2D eigenvalue weighted by Gasteiger charge is 2.22. The summed E-state index contributed by atoms with van der Waals surface area (Å²) in [7, 11) is 0. The molecular formula is C22H24N4O2. The molecule has 1 N–H and O–H groups in total. The third-order valence-electron chi connectivity index (χ3n) is 5.44. The number of aromatic nitrogens is 2. The molecule has 144 valence electrons. The monoisotopic (exact) mass is 376 g/mol. The number of carbonyl (C=O) groups excluding carboxylic acids is 2. The molecule has 0 radical (unpaired) electrons. The maximum Gasteiger partial charge on any atom is 0.246 e. The van der Waals surface area contributed by atoms with Crippen LogP contribution in [0.25, 0.3) is 6.08 Å². The molecule has 6 nitrogen and oxygen atoms in total. The summed E-state index contributed by atoms with van der Waals surface area (Å²) in [5.41, 5.74) is 3.03. The maximum absolute atomic E-state index is 12.5. The summed E-state index contributed by atoms with van der Waals surface area (Å²) in [5, 5.41) is 2.77. The zero-order valence-electron chi connectivity index (χ0n) is 15.8. The van der Waals surface area contributed by atoms with Gasteiger partial charge in [0.2, 0.25) is 11.8 Å². The second kappa shape index (κ2) is 8.33. The largest absolute Gasteiger partial charge is 0.339 e. The fraction of sp³-hybridized carbons (Fsp3) is 0.364. The van der Waals surface area contributed by atoms with Gasteiger partial charge in [0.15, 0.2) is 0 Å². The molecule has 1 fully saturated rings. The van der Waals surface area contributed by atoms with Crippen molar-refractivity contribution in [2.75, 3.05) is 18.4 Å². The van der Waals surface area contributed by atoms with Crippen molar-refractivity contribution in [2.24, 2.45) is 5.92 Å². The van der Waals surface area contributed by atoms with Gasteiger partial charge in [-0.1, -0.05) is 6.07 Å². The number of nitrogens with zero attached hydrogens (tertiary/aromatic N) is 3. The van der Waals surface area contributed by atoms with Crippen molar-refractivity contribution in [1.82, 2.24) is 14.9 Å². The summed E-state index contributed by atoms with van der Waals surface area (Å²) in [6.45, 7) is 1.57. The Bertz CT molecular complexity index is 887. The Hall–Kier alpha value is -3.02. The van der Waals surface area contributed by atoms with Crippen LogP contribution in [0.3, 0.4) is 0 Å². The van der Waals surface area contributed by atoms with Crippen molar-refractivity contribution in [3.63, 3.8) is 0 Å². The number of hydrogen-bond acceptors (Lipinski definition) is 4. The van der Waals surface area contributed by atoms with E-state index >= 15 is 0 Å². The fourth-order valence-corrected chi connectivity index (χ4v) is 3.81. The predicted molar refractivity (Wildman–Crippen MR) is 107 cm³/mol. The molecule has 0 atom stereocenters. The van der Waals surface area contributed by atoms with Crippen LogP contribution in [0.4, 0.5) is 5.82 Å². The van der Waals surface area contributed by atoms with Gasteiger partial charge < -0.3 is 10.2 Å². The van der Waals surface area contributed by atoms with E-state index in [1.165, 1.54) is 0 Å². The molecule has 6 heteroatoms. The molecule has 0 spiro atoms. The van der Waals surface area contributed by atoms with Crippen molar-refractivity contribution in [3.8, 4) is 0 Å². The number of likely N-dealkylation sites (tertiary alicyclic amines) is 1. The number of carbonyl (C=O) groups is 2. The zero-order chi connectivity index (χ0) is 19.3. The van der Waals surface area contributed by atoms with Crippen LogP contribution in [0.2, 0.25) is 0 Å². The molecule has 1 saturated heterocycles. The summed E-state index contributed by atoms with van der Waals surface area (Å²) >= 11 is 0. The summed E-state index contributed by atoms with van der Waals surface area (Å²) < 4.78 is 0. The summed E-state index contributed by atoms with van der Waals surface area (Å²) in [6, 6.07) is 8.02. The van der Waals surface area contributed by atoms with Gasteiger partial charge in [0, 0.05) is 43.7 Å². The van der Waals surface area contributed by atoms with Crippen LogP contribution in [0.1, 0.15) is 36.1 Å². The molecule has 0 aromatic carbocycles. The van der Waals surface area contributed by atoms with Gasteiger partial charge in [-0.2, -0.15) is 0 Å². The van der Waals surface area contributed by atoms with E-state index in [0.29, 0.717) is 24.6 Å². The SMILES string of the molecule is O=C1CCc2cc(C=CC(=O)N3CCC(Cc4ccccn4)CC3)cnc2N1. The maximum atomic E-state index is 12.5. The van der Waals surface area contributed by atoms with E-state index in [4.69, 9.17) is 0 Å². The van der Waals surface area contributed by atoms with Crippen LogP contribution in [0.15, 0.2) is 42.7 Å². The zero-order valence-corrected chi connectivity index (χ0v) is 15.8. The quantitative estimate of drug-likeness (QED) is 0.833. The third-order valence-corrected chi connectivity index (χ3v) is 5.44. The number of nitrogens with one attached hydrogen (secondary N) is 1. The molecule has 0 aliphatic carbocycles. The second-order valence-electron chi connectivity index (χ2n) is 7.45. The first-order chi connectivity index (χ1) is 13.7. The molecule has 0 saturated carbocycles. The van der Waals surface area contributed by atoms with Gasteiger partial charge in [-0.15, -0.1) is 0 Å². The van der Waals surface area contributed by atoms with E-state index in [1.54, 1.807) is 12.3 Å². The van der Waals surface area contributed by atoms with Crippen LogP contribution in [0, 0.1) is 5.92 Å². The first-order valence-corrected chi connectivity index (χ1v) is 9.83. The van der Waals surface area contributed by atoms with E-state index in [9.17, 15) is 9.59 Å². The Morgan fingerprint density at radius 2 is 2.07 bits per heavy atom. The molecule has 0 unspecified atom stereocenters. The highest BCUT2D eigenvalue weighted by Crippen LogP contribution is 2.23. The molecule has 2 aromatic heterocycles. The lowest BCUT2D eigenvalue weighted by molar-refractivity contribution is -0.127. The molecule has 2 aromatic rings. The Morgan fingerprint density at radius 1 is 1.21 bits per heavy atom. The number of rotatable bonds is 4. The number of hydrogen-bond donors (Lipinski definition) is 1. The van der Waals surface area contributed by atoms with Gasteiger partial charge in [0.1, 0.15) is 5.82 Å². The summed E-state index contributed by atoms with van der Waals surface area (Å²) in [6.07, 6.45) is 11.1. The molecular weight excluding hydrogens is 352 g/mol. The van der Waals surface area contributed by atoms with E-state index < -0.39 is 0 Å². The Kier molecular flexibility index (Phi) is 5.46. The fourth-order valence-electron chi connectivity index (χ4n) is 3.81. The van der Waals surface area contributed by atoms with Crippen molar-refractivity contribution in [1.29, 1.82) is 0 Å². The smallest absolute Gasteiger partial charge is 0.246 e. The standard InChI is InChI=1S/C22H24N4O2/c27-20-6-5-18-13-17(15-24-22(18)25-20)4-7-21(28)26-11-8-16(9-12-26)14-19-3-1-2-10-23-19/h1-4,7,10,13,15-16H,5-6,8-9,11-12,14H2,(H,24,25,27). The first kappa shape index (κ1) is 18.3. The van der Waals surface area contributed by atoms with Crippen LogP contribution in [0.5, 0.6) is 0 Å². The summed E-state index contributed by atoms with van der Waals surface area (Å²) in [4.78, 5) is 34.5. The van der Waals surface area contributed by atoms with E-state index in [2.05, 4.69) is 21.4 Å². The number of pyridine rings is 2. The van der Waals surface area contributed by atoms with Crippen molar-refractivity contribution >= 4 is 23.7 Å². The third kappa shape index (κ3) is 4.44. The number of fused-ring (bicyclic) bond motifs is 1. The van der Waals surface area contributed by atoms with E-state index in [-0.39, 0.29) is 11.8 Å². The number of anilines is 1. The van der Waals surface area contributed by atoms with Gasteiger partial charge in [0.25, 0.3) is 0 Å². The highest BCUT2D eigenvalue weighted by molar-refractivity contribution is 5.93. The first-order valence-electron chi connectivity index (χ1n) is 9.83. The average molecular weight is 376 g/mol. The van der Waals surface area contributed by atoms with Gasteiger partial charge in [-0.3, -0.25) is 14.6 Å². The average Bonchev–Trinajstić information content (AvgIpc) is 2.73. The van der Waals surface area contributed by atoms with E-state index in [0.717, 1.165) is 49.2 Å². The number of aryl methyl sites for hydroxylation is 1. The lowest BCUT2D eigenvalue weighted by Gasteiger charge is -2.31. The van der Waals surface area contributed by atoms with Crippen LogP contribution >= 0.6 is 0 Å². The van der Waals surface area contributed by atoms with Gasteiger partial charge in [0.05, 0.1) is 0 Å². The minimum absolute atomic E-state index is 0.00455. The van der Waals surface area contributed by atoms with Crippen molar-refractivity contribution in [2.45, 2.75) is 32.1 Å². The van der Waals surface area contributed by atoms with Gasteiger partial charge >= 0.3 is 0 Å². The van der Waals surface area contributed by atoms with Crippen LogP contribution < -0.4 is 5.32 Å². The number of amides is 2.